The number of carboxylic acids is 2. The normalized spacial score (nSPS) is 12.4. The molecule has 0 saturated heterocycles. The van der Waals surface area contributed by atoms with E-state index in [0.29, 0.717) is 15.7 Å². The lowest BCUT2D eigenvalue weighted by atomic mass is 10.1. The van der Waals surface area contributed by atoms with Crippen molar-refractivity contribution in [2.45, 2.75) is 33.2 Å². The van der Waals surface area contributed by atoms with Gasteiger partial charge in [-0.2, -0.15) is 0 Å². The van der Waals surface area contributed by atoms with Crippen LogP contribution in [0.2, 0.25) is 0 Å². The second-order valence-electron chi connectivity index (χ2n) is 4.30. The molecule has 7 heteroatoms. The molecule has 0 amide bonds. The fourth-order valence-corrected chi connectivity index (χ4v) is 2.43. The van der Waals surface area contributed by atoms with Crippen LogP contribution in [0.1, 0.15) is 24.4 Å². The molecule has 3 N–H and O–H groups in total. The average Bonchev–Trinajstić information content (AvgIpc) is 2.54. The maximum atomic E-state index is 11.0. The van der Waals surface area contributed by atoms with E-state index in [4.69, 9.17) is 10.2 Å². The number of aromatic nitrogens is 1. The molecule has 0 fully saturated rings. The van der Waals surface area contributed by atoms with E-state index < -0.39 is 18.0 Å². The Hall–Kier alpha value is -1.63. The predicted octanol–water partition coefficient (Wildman–Crippen LogP) is 1.60. The van der Waals surface area contributed by atoms with E-state index in [1.807, 2.05) is 0 Å². The summed E-state index contributed by atoms with van der Waals surface area (Å²) in [5.74, 6) is -1.96. The Labute approximate surface area is 109 Å². The van der Waals surface area contributed by atoms with Crippen LogP contribution >= 0.6 is 11.3 Å². The fourth-order valence-electron chi connectivity index (χ4n) is 1.44. The Morgan fingerprint density at radius 1 is 1.39 bits per heavy atom. The molecule has 0 aliphatic carbocycles. The number of aryl methyl sites for hydroxylation is 1. The molecule has 1 rings (SSSR count). The Kier molecular flexibility index (Phi) is 4.66. The van der Waals surface area contributed by atoms with Gasteiger partial charge in [-0.05, 0) is 12.8 Å². The Bertz CT molecular complexity index is 456. The second-order valence-corrected chi connectivity index (χ2v) is 5.39. The van der Waals surface area contributed by atoms with Gasteiger partial charge in [0.25, 0.3) is 0 Å². The zero-order valence-electron chi connectivity index (χ0n) is 10.4. The minimum absolute atomic E-state index is 0.0883. The molecule has 0 radical (unpaired) electrons. The zero-order valence-corrected chi connectivity index (χ0v) is 11.2. The van der Waals surface area contributed by atoms with Gasteiger partial charge in [0, 0.05) is 4.88 Å². The number of carboxylic acid groups (broad SMARTS) is 2. The van der Waals surface area contributed by atoms with Gasteiger partial charge in [-0.15, -0.1) is 11.3 Å². The zero-order chi connectivity index (χ0) is 13.9. The topological polar surface area (TPSA) is 99.5 Å². The fraction of sp³-hybridized carbons (Fsp3) is 0.545. The van der Waals surface area contributed by atoms with Gasteiger partial charge in [0.05, 0.1) is 12.1 Å². The molecule has 1 heterocycles. The van der Waals surface area contributed by atoms with E-state index in [1.54, 1.807) is 20.8 Å². The number of carbonyl (C=O) groups is 2. The van der Waals surface area contributed by atoms with Gasteiger partial charge in [0.1, 0.15) is 6.04 Å². The van der Waals surface area contributed by atoms with Crippen LogP contribution in [0, 0.1) is 12.8 Å². The summed E-state index contributed by atoms with van der Waals surface area (Å²) in [6, 6.07) is -0.728. The highest BCUT2D eigenvalue weighted by molar-refractivity contribution is 7.15. The highest BCUT2D eigenvalue weighted by atomic mass is 32.1. The largest absolute Gasteiger partial charge is 0.481 e. The van der Waals surface area contributed by atoms with E-state index >= 15 is 0 Å². The van der Waals surface area contributed by atoms with Gasteiger partial charge in [-0.1, -0.05) is 13.8 Å². The first-order valence-corrected chi connectivity index (χ1v) is 6.30. The quantitative estimate of drug-likeness (QED) is 0.727. The van der Waals surface area contributed by atoms with Gasteiger partial charge in [-0.25, -0.2) is 9.78 Å². The molecule has 0 aliphatic heterocycles. The summed E-state index contributed by atoms with van der Waals surface area (Å²) >= 11 is 1.18. The molecule has 1 atom stereocenters. The average molecular weight is 272 g/mol. The Morgan fingerprint density at radius 3 is 2.44 bits per heavy atom. The van der Waals surface area contributed by atoms with E-state index in [1.165, 1.54) is 11.3 Å². The van der Waals surface area contributed by atoms with Gasteiger partial charge < -0.3 is 15.5 Å². The monoisotopic (exact) mass is 272 g/mol. The summed E-state index contributed by atoms with van der Waals surface area (Å²) < 4.78 is 0. The molecule has 0 bridgehead atoms. The van der Waals surface area contributed by atoms with Crippen molar-refractivity contribution < 1.29 is 19.8 Å². The van der Waals surface area contributed by atoms with Crippen molar-refractivity contribution in [2.24, 2.45) is 5.92 Å². The van der Waals surface area contributed by atoms with Crippen molar-refractivity contribution in [3.05, 3.63) is 10.6 Å². The third kappa shape index (κ3) is 3.69. The van der Waals surface area contributed by atoms with Crippen LogP contribution < -0.4 is 5.32 Å². The number of thiazole rings is 1. The van der Waals surface area contributed by atoms with Crippen molar-refractivity contribution in [3.63, 3.8) is 0 Å². The SMILES string of the molecule is Cc1nc(NC(C(=O)O)C(C)C)sc1CC(=O)O. The van der Waals surface area contributed by atoms with Gasteiger partial charge >= 0.3 is 11.9 Å². The number of nitrogens with zero attached hydrogens (tertiary/aromatic N) is 1. The molecule has 0 saturated carbocycles. The molecule has 100 valence electrons. The molecular weight excluding hydrogens is 256 g/mol. The number of hydrogen-bond acceptors (Lipinski definition) is 5. The van der Waals surface area contributed by atoms with E-state index in [9.17, 15) is 9.59 Å². The van der Waals surface area contributed by atoms with Crippen LogP contribution in [0.3, 0.4) is 0 Å². The first-order valence-electron chi connectivity index (χ1n) is 5.48. The van der Waals surface area contributed by atoms with Crippen molar-refractivity contribution in [1.82, 2.24) is 4.98 Å². The van der Waals surface area contributed by atoms with Crippen LogP contribution in [0.25, 0.3) is 0 Å². The van der Waals surface area contributed by atoms with E-state index in [2.05, 4.69) is 10.3 Å². The minimum Gasteiger partial charge on any atom is -0.481 e. The minimum atomic E-state index is -0.947. The van der Waals surface area contributed by atoms with Gasteiger partial charge in [0.2, 0.25) is 0 Å². The summed E-state index contributed by atoms with van der Waals surface area (Å²) in [4.78, 5) is 26.5. The summed E-state index contributed by atoms with van der Waals surface area (Å²) in [6.45, 7) is 5.31. The number of rotatable bonds is 6. The third-order valence-electron chi connectivity index (χ3n) is 2.42. The summed E-state index contributed by atoms with van der Waals surface area (Å²) in [6.07, 6.45) is -0.0927. The molecule has 6 nitrogen and oxygen atoms in total. The number of nitrogens with one attached hydrogen (secondary N) is 1. The maximum absolute atomic E-state index is 11.0. The van der Waals surface area contributed by atoms with Crippen LogP contribution in [0.5, 0.6) is 0 Å². The number of hydrogen-bond donors (Lipinski definition) is 3. The van der Waals surface area contributed by atoms with Crippen molar-refractivity contribution >= 4 is 28.4 Å². The maximum Gasteiger partial charge on any atom is 0.326 e. The highest BCUT2D eigenvalue weighted by Crippen LogP contribution is 2.24. The Morgan fingerprint density at radius 2 is 2.00 bits per heavy atom. The molecule has 1 aromatic rings. The molecular formula is C11H16N2O4S. The van der Waals surface area contributed by atoms with Crippen molar-refractivity contribution in [3.8, 4) is 0 Å². The molecule has 0 spiro atoms. The van der Waals surface area contributed by atoms with Crippen LogP contribution in [0.15, 0.2) is 0 Å². The molecule has 1 aromatic heterocycles. The third-order valence-corrected chi connectivity index (χ3v) is 3.50. The number of aliphatic carboxylic acids is 2. The van der Waals surface area contributed by atoms with Crippen LogP contribution in [-0.2, 0) is 16.0 Å². The first kappa shape index (κ1) is 14.4. The molecule has 1 unspecified atom stereocenters. The van der Waals surface area contributed by atoms with E-state index in [0.717, 1.165) is 0 Å². The molecule has 18 heavy (non-hydrogen) atoms. The lowest BCUT2D eigenvalue weighted by molar-refractivity contribution is -0.139. The molecule has 0 aliphatic rings. The predicted molar refractivity (Wildman–Crippen MR) is 68.1 cm³/mol. The van der Waals surface area contributed by atoms with Gasteiger partial charge in [-0.3, -0.25) is 4.79 Å². The van der Waals surface area contributed by atoms with E-state index in [-0.39, 0.29) is 12.3 Å². The second kappa shape index (κ2) is 5.81. The summed E-state index contributed by atoms with van der Waals surface area (Å²) in [5.41, 5.74) is 0.623. The smallest absolute Gasteiger partial charge is 0.326 e. The summed E-state index contributed by atoms with van der Waals surface area (Å²) in [5, 5.41) is 21.0. The molecule has 0 aromatic carbocycles. The highest BCUT2D eigenvalue weighted by Gasteiger charge is 2.23. The number of anilines is 1. The van der Waals surface area contributed by atoms with Crippen LogP contribution in [0.4, 0.5) is 5.13 Å². The summed E-state index contributed by atoms with van der Waals surface area (Å²) in [7, 11) is 0. The van der Waals surface area contributed by atoms with Crippen molar-refractivity contribution in [2.75, 3.05) is 5.32 Å². The lowest BCUT2D eigenvalue weighted by Gasteiger charge is -2.16. The Balaban J connectivity index is 2.84. The van der Waals surface area contributed by atoms with Gasteiger partial charge in [0.15, 0.2) is 5.13 Å². The lowest BCUT2D eigenvalue weighted by Crippen LogP contribution is -2.34. The van der Waals surface area contributed by atoms with Crippen LogP contribution in [-0.4, -0.2) is 33.2 Å². The first-order chi connectivity index (χ1) is 8.31. The van der Waals surface area contributed by atoms with Crippen molar-refractivity contribution in [1.29, 1.82) is 0 Å². The standard InChI is InChI=1S/C11H16N2O4S/c1-5(2)9(10(16)17)13-11-12-6(3)7(18-11)4-8(14)15/h5,9H,4H2,1-3H3,(H,12,13)(H,14,15)(H,16,17).